The number of imide groups is 1. The van der Waals surface area contributed by atoms with Crippen molar-refractivity contribution >= 4 is 29.2 Å². The Labute approximate surface area is 197 Å². The molecule has 2 amide bonds. The number of amides is 2. The Hall–Kier alpha value is -3.44. The fourth-order valence-corrected chi connectivity index (χ4v) is 4.14. The van der Waals surface area contributed by atoms with Crippen LogP contribution in [0.25, 0.3) is 11.1 Å². The summed E-state index contributed by atoms with van der Waals surface area (Å²) in [6, 6.07) is 19.2. The van der Waals surface area contributed by atoms with Gasteiger partial charge in [-0.05, 0) is 53.3 Å². The number of ketones is 1. The predicted octanol–water partition coefficient (Wildman–Crippen LogP) is 6.00. The first kappa shape index (κ1) is 22.7. The van der Waals surface area contributed by atoms with E-state index >= 15 is 0 Å². The Morgan fingerprint density at radius 1 is 0.879 bits per heavy atom. The Bertz CT molecular complexity index is 1230. The zero-order chi connectivity index (χ0) is 23.8. The molecule has 1 N–H and O–H groups in total. The number of rotatable bonds is 7. The van der Waals surface area contributed by atoms with Crippen LogP contribution in [0.15, 0.2) is 66.7 Å². The van der Waals surface area contributed by atoms with Gasteiger partial charge in [-0.2, -0.15) is 0 Å². The van der Waals surface area contributed by atoms with Crippen molar-refractivity contribution in [2.45, 2.75) is 26.7 Å². The third-order valence-corrected chi connectivity index (χ3v) is 6.24. The lowest BCUT2D eigenvalue weighted by Gasteiger charge is -2.26. The second-order valence-electron chi connectivity index (χ2n) is 9.09. The van der Waals surface area contributed by atoms with E-state index in [4.69, 9.17) is 11.6 Å². The lowest BCUT2D eigenvalue weighted by Crippen LogP contribution is -2.33. The number of hydrogen-bond acceptors (Lipinski definition) is 4. The molecular formula is C27H24ClNO4. The second-order valence-corrected chi connectivity index (χ2v) is 9.53. The summed E-state index contributed by atoms with van der Waals surface area (Å²) >= 11 is 5.95. The molecule has 3 aromatic carbocycles. The first-order valence-corrected chi connectivity index (χ1v) is 11.1. The second kappa shape index (κ2) is 8.83. The first-order chi connectivity index (χ1) is 15.6. The summed E-state index contributed by atoms with van der Waals surface area (Å²) in [5.41, 5.74) is 2.75. The van der Waals surface area contributed by atoms with E-state index in [0.29, 0.717) is 22.6 Å². The van der Waals surface area contributed by atoms with Gasteiger partial charge in [0.05, 0.1) is 11.1 Å². The van der Waals surface area contributed by atoms with Crippen molar-refractivity contribution in [2.75, 3.05) is 6.54 Å². The quantitative estimate of drug-likeness (QED) is 0.346. The van der Waals surface area contributed by atoms with Gasteiger partial charge in [-0.1, -0.05) is 61.8 Å². The van der Waals surface area contributed by atoms with Crippen molar-refractivity contribution in [1.82, 2.24) is 4.90 Å². The van der Waals surface area contributed by atoms with Gasteiger partial charge in [0.1, 0.15) is 5.75 Å². The molecule has 168 valence electrons. The van der Waals surface area contributed by atoms with Crippen LogP contribution in [0.5, 0.6) is 5.75 Å². The minimum Gasteiger partial charge on any atom is -0.508 e. The highest BCUT2D eigenvalue weighted by atomic mass is 35.5. The molecule has 1 heterocycles. The summed E-state index contributed by atoms with van der Waals surface area (Å²) in [6.07, 6.45) is 0.774. The molecule has 0 aliphatic carbocycles. The number of aromatic hydroxyl groups is 1. The summed E-state index contributed by atoms with van der Waals surface area (Å²) in [7, 11) is 0. The van der Waals surface area contributed by atoms with E-state index in [9.17, 15) is 19.5 Å². The van der Waals surface area contributed by atoms with Crippen LogP contribution in [0.1, 0.15) is 57.8 Å². The number of phenolic OH excluding ortho intramolecular Hbond substituents is 1. The summed E-state index contributed by atoms with van der Waals surface area (Å²) in [5, 5.41) is 10.3. The number of fused-ring (bicyclic) bond motifs is 1. The van der Waals surface area contributed by atoms with Gasteiger partial charge >= 0.3 is 0 Å². The summed E-state index contributed by atoms with van der Waals surface area (Å²) in [4.78, 5) is 39.3. The van der Waals surface area contributed by atoms with Crippen LogP contribution in [0, 0.1) is 5.41 Å². The molecule has 0 fully saturated rings. The Morgan fingerprint density at radius 2 is 1.45 bits per heavy atom. The van der Waals surface area contributed by atoms with E-state index in [1.165, 1.54) is 23.1 Å². The van der Waals surface area contributed by atoms with E-state index in [1.54, 1.807) is 0 Å². The standard InChI is InChI=1S/C27H24ClNO4/c1-27(2,13-14-29-25(32)22-12-11-21(30)15-23(22)26(29)33)16-24(31)19-5-3-17(4-6-19)18-7-9-20(28)10-8-18/h3-12,15,30H,13-14,16H2,1-2H3. The van der Waals surface area contributed by atoms with Crippen molar-refractivity contribution in [2.24, 2.45) is 5.41 Å². The van der Waals surface area contributed by atoms with Crippen molar-refractivity contribution in [3.8, 4) is 16.9 Å². The van der Waals surface area contributed by atoms with E-state index in [2.05, 4.69) is 0 Å². The van der Waals surface area contributed by atoms with Crippen molar-refractivity contribution in [3.63, 3.8) is 0 Å². The van der Waals surface area contributed by atoms with Crippen LogP contribution in [0.3, 0.4) is 0 Å². The molecule has 33 heavy (non-hydrogen) atoms. The molecule has 5 nitrogen and oxygen atoms in total. The lowest BCUT2D eigenvalue weighted by atomic mass is 9.82. The van der Waals surface area contributed by atoms with Crippen LogP contribution < -0.4 is 0 Å². The van der Waals surface area contributed by atoms with E-state index in [-0.39, 0.29) is 36.0 Å². The molecule has 1 aliphatic heterocycles. The molecule has 0 unspecified atom stereocenters. The number of benzene rings is 3. The monoisotopic (exact) mass is 461 g/mol. The van der Waals surface area contributed by atoms with E-state index in [0.717, 1.165) is 11.1 Å². The number of Topliss-reactive ketones (excluding diaryl/α,β-unsaturated/α-hetero) is 1. The SMILES string of the molecule is CC(C)(CCN1C(=O)c2ccc(O)cc2C1=O)CC(=O)c1ccc(-c2ccc(Cl)cc2)cc1. The maximum atomic E-state index is 12.9. The normalized spacial score (nSPS) is 13.4. The minimum absolute atomic E-state index is 0.00920. The number of hydrogen-bond donors (Lipinski definition) is 1. The Morgan fingerprint density at radius 3 is 2.09 bits per heavy atom. The molecule has 0 spiro atoms. The van der Waals surface area contributed by atoms with E-state index < -0.39 is 11.3 Å². The van der Waals surface area contributed by atoms with Crippen molar-refractivity contribution in [1.29, 1.82) is 0 Å². The van der Waals surface area contributed by atoms with Gasteiger partial charge in [-0.15, -0.1) is 0 Å². The third kappa shape index (κ3) is 4.83. The fraction of sp³-hybridized carbons (Fsp3) is 0.222. The van der Waals surface area contributed by atoms with Gasteiger partial charge in [-0.3, -0.25) is 19.3 Å². The highest BCUT2D eigenvalue weighted by Crippen LogP contribution is 2.31. The molecule has 0 radical (unpaired) electrons. The molecular weight excluding hydrogens is 438 g/mol. The summed E-state index contributed by atoms with van der Waals surface area (Å²) in [5.74, 6) is -0.819. The number of nitrogens with zero attached hydrogens (tertiary/aromatic N) is 1. The number of carbonyl (C=O) groups is 3. The lowest BCUT2D eigenvalue weighted by molar-refractivity contribution is 0.0633. The molecule has 4 rings (SSSR count). The largest absolute Gasteiger partial charge is 0.508 e. The van der Waals surface area contributed by atoms with Crippen LogP contribution in [-0.2, 0) is 0 Å². The molecule has 0 saturated carbocycles. The number of phenols is 1. The van der Waals surface area contributed by atoms with Crippen LogP contribution in [-0.4, -0.2) is 34.1 Å². The van der Waals surface area contributed by atoms with Gasteiger partial charge in [0.15, 0.2) is 5.78 Å². The topological polar surface area (TPSA) is 74.7 Å². The van der Waals surface area contributed by atoms with Crippen LogP contribution in [0.2, 0.25) is 5.02 Å². The predicted molar refractivity (Wildman–Crippen MR) is 128 cm³/mol. The summed E-state index contributed by atoms with van der Waals surface area (Å²) in [6.45, 7) is 4.12. The van der Waals surface area contributed by atoms with Crippen molar-refractivity contribution in [3.05, 3.63) is 88.4 Å². The average Bonchev–Trinajstić information content (AvgIpc) is 3.02. The zero-order valence-electron chi connectivity index (χ0n) is 18.5. The maximum absolute atomic E-state index is 12.9. The molecule has 0 saturated heterocycles. The molecule has 0 bridgehead atoms. The number of carbonyl (C=O) groups excluding carboxylic acids is 3. The average molecular weight is 462 g/mol. The molecule has 1 aliphatic rings. The van der Waals surface area contributed by atoms with Crippen molar-refractivity contribution < 1.29 is 19.5 Å². The van der Waals surface area contributed by atoms with E-state index in [1.807, 2.05) is 62.4 Å². The van der Waals surface area contributed by atoms with Gasteiger partial charge in [0.25, 0.3) is 11.8 Å². The van der Waals surface area contributed by atoms with Gasteiger partial charge in [0, 0.05) is 23.6 Å². The fourth-order valence-electron chi connectivity index (χ4n) is 4.01. The molecule has 3 aromatic rings. The summed E-state index contributed by atoms with van der Waals surface area (Å²) < 4.78 is 0. The highest BCUT2D eigenvalue weighted by Gasteiger charge is 2.36. The van der Waals surface area contributed by atoms with Gasteiger partial charge in [0.2, 0.25) is 0 Å². The Kier molecular flexibility index (Phi) is 6.09. The third-order valence-electron chi connectivity index (χ3n) is 5.99. The molecule has 6 heteroatoms. The Balaban J connectivity index is 1.38. The number of halogens is 1. The maximum Gasteiger partial charge on any atom is 0.261 e. The molecule has 0 atom stereocenters. The minimum atomic E-state index is -0.413. The first-order valence-electron chi connectivity index (χ1n) is 10.7. The molecule has 0 aromatic heterocycles. The van der Waals surface area contributed by atoms with Crippen LogP contribution >= 0.6 is 11.6 Å². The highest BCUT2D eigenvalue weighted by molar-refractivity contribution is 6.30. The smallest absolute Gasteiger partial charge is 0.261 e. The van der Waals surface area contributed by atoms with Gasteiger partial charge < -0.3 is 5.11 Å². The van der Waals surface area contributed by atoms with Crippen LogP contribution in [0.4, 0.5) is 0 Å². The van der Waals surface area contributed by atoms with Gasteiger partial charge in [-0.25, -0.2) is 0 Å². The zero-order valence-corrected chi connectivity index (χ0v) is 19.2.